The van der Waals surface area contributed by atoms with E-state index in [0.717, 1.165) is 51.4 Å². The van der Waals surface area contributed by atoms with Crippen molar-refractivity contribution >= 4 is 69.3 Å². The van der Waals surface area contributed by atoms with E-state index in [-0.39, 0.29) is 138 Å². The van der Waals surface area contributed by atoms with Crippen LogP contribution in [0.1, 0.15) is 148 Å². The van der Waals surface area contributed by atoms with Crippen LogP contribution in [-0.4, -0.2) is 165 Å². The van der Waals surface area contributed by atoms with Gasteiger partial charge in [0.25, 0.3) is 0 Å². The van der Waals surface area contributed by atoms with Crippen LogP contribution in [0.3, 0.4) is 0 Å². The number of hydrogen-bond acceptors (Lipinski definition) is 13. The number of carbonyl (C=O) groups is 9. The molecule has 0 aromatic rings. The quantitative estimate of drug-likeness (QED) is 0.0312. The lowest BCUT2D eigenvalue weighted by atomic mass is 9.81. The van der Waals surface area contributed by atoms with Crippen LogP contribution < -0.4 is 31.9 Å². The molecule has 6 amide bonds. The van der Waals surface area contributed by atoms with Gasteiger partial charge in [0.1, 0.15) is 25.3 Å². The van der Waals surface area contributed by atoms with Gasteiger partial charge < -0.3 is 66.2 Å². The lowest BCUT2D eigenvalue weighted by Gasteiger charge is -2.28. The maximum atomic E-state index is 13.0. The first-order valence-electron chi connectivity index (χ1n) is 25.9. The highest BCUT2D eigenvalue weighted by Gasteiger charge is 2.30. The van der Waals surface area contributed by atoms with E-state index < -0.39 is 35.9 Å². The number of aliphatic carboxylic acids is 3. The van der Waals surface area contributed by atoms with Gasteiger partial charge in [0.15, 0.2) is 0 Å². The summed E-state index contributed by atoms with van der Waals surface area (Å²) in [7, 11) is 0. The van der Waals surface area contributed by atoms with E-state index in [1.54, 1.807) is 0 Å². The van der Waals surface area contributed by atoms with Gasteiger partial charge in [-0.3, -0.25) is 33.6 Å². The van der Waals surface area contributed by atoms with Crippen molar-refractivity contribution in [1.29, 1.82) is 0 Å². The minimum absolute atomic E-state index is 0.0471. The number of carbonyl (C=O) groups excluding carboxylic acids is 6. The molecule has 1 fully saturated rings. The van der Waals surface area contributed by atoms with E-state index in [1.807, 2.05) is 0 Å². The second kappa shape index (κ2) is 44.1. The van der Waals surface area contributed by atoms with Gasteiger partial charge in [0, 0.05) is 51.4 Å². The summed E-state index contributed by atoms with van der Waals surface area (Å²) in [5, 5.41) is 43.9. The molecular formula is C49H85BrN6O16. The van der Waals surface area contributed by atoms with Gasteiger partial charge in [-0.05, 0) is 70.1 Å². The molecule has 0 saturated heterocycles. The highest BCUT2D eigenvalue weighted by Crippen LogP contribution is 2.29. The number of rotatable bonds is 47. The fraction of sp³-hybridized carbons (Fsp3) is 0.816. The van der Waals surface area contributed by atoms with Crippen LogP contribution in [0.4, 0.5) is 0 Å². The summed E-state index contributed by atoms with van der Waals surface area (Å²) in [6.45, 7) is 1.63. The first kappa shape index (κ1) is 65.6. The second-order valence-corrected chi connectivity index (χ2v) is 18.6. The van der Waals surface area contributed by atoms with Gasteiger partial charge in [-0.25, -0.2) is 9.59 Å². The first-order valence-corrected chi connectivity index (χ1v) is 27.0. The Bertz CT molecular complexity index is 1570. The summed E-state index contributed by atoms with van der Waals surface area (Å²) >= 11 is 3.04. The highest BCUT2D eigenvalue weighted by atomic mass is 79.9. The zero-order valence-electron chi connectivity index (χ0n) is 42.3. The Balaban J connectivity index is 2.02. The van der Waals surface area contributed by atoms with Gasteiger partial charge >= 0.3 is 17.9 Å². The number of halogens is 1. The van der Waals surface area contributed by atoms with Crippen molar-refractivity contribution in [2.75, 3.05) is 84.4 Å². The number of ether oxygens (including phenoxy) is 4. The molecule has 0 unspecified atom stereocenters. The number of alkyl halides is 1. The van der Waals surface area contributed by atoms with Crippen LogP contribution >= 0.6 is 15.9 Å². The topological polar surface area (TPSA) is 323 Å². The molecule has 0 aliphatic heterocycles. The van der Waals surface area contributed by atoms with E-state index in [0.29, 0.717) is 45.2 Å². The minimum atomic E-state index is -1.22. The fourth-order valence-corrected chi connectivity index (χ4v) is 8.00. The molecule has 1 saturated carbocycles. The molecule has 1 aliphatic carbocycles. The molecule has 0 radical (unpaired) electrons. The van der Waals surface area contributed by atoms with Crippen molar-refractivity contribution in [3.8, 4) is 0 Å². The SMILES string of the molecule is O=C(O)CCCCCCCCCCCCCCC(=O)NCC1CCC(C(=O)N[C@@H](CCC(=O)NCCOCCOCC(=O)NCCOCCOCC(=O)N[C@@H](CCCCNC(=O)CBr)C(=O)O)C(=O)O)CC1. The lowest BCUT2D eigenvalue weighted by molar-refractivity contribution is -0.143. The number of hydrogen-bond donors (Lipinski definition) is 9. The van der Waals surface area contributed by atoms with Gasteiger partial charge in [0.2, 0.25) is 35.4 Å². The summed E-state index contributed by atoms with van der Waals surface area (Å²) in [6.07, 6.45) is 17.6. The van der Waals surface area contributed by atoms with Gasteiger partial charge in [0.05, 0.1) is 45.0 Å². The van der Waals surface area contributed by atoms with Crippen LogP contribution in [0, 0.1) is 11.8 Å². The maximum absolute atomic E-state index is 13.0. The first-order chi connectivity index (χ1) is 34.7. The Morgan fingerprint density at radius 2 is 0.917 bits per heavy atom. The average molecular weight is 1090 g/mol. The van der Waals surface area contributed by atoms with Crippen LogP contribution in [-0.2, 0) is 62.1 Å². The molecule has 0 bridgehead atoms. The third kappa shape index (κ3) is 38.2. The summed E-state index contributed by atoms with van der Waals surface area (Å²) < 4.78 is 21.3. The Labute approximate surface area is 433 Å². The predicted molar refractivity (Wildman–Crippen MR) is 269 cm³/mol. The second-order valence-electron chi connectivity index (χ2n) is 18.1. The zero-order valence-corrected chi connectivity index (χ0v) is 43.9. The van der Waals surface area contributed by atoms with Crippen LogP contribution in [0.15, 0.2) is 0 Å². The van der Waals surface area contributed by atoms with Crippen molar-refractivity contribution in [3.63, 3.8) is 0 Å². The number of carboxylic acid groups (broad SMARTS) is 3. The Morgan fingerprint density at radius 1 is 0.444 bits per heavy atom. The normalized spacial score (nSPS) is 15.1. The third-order valence-electron chi connectivity index (χ3n) is 12.0. The monoisotopic (exact) mass is 1090 g/mol. The summed E-state index contributed by atoms with van der Waals surface area (Å²) in [5.74, 6) is -4.96. The van der Waals surface area contributed by atoms with Crippen molar-refractivity contribution < 1.29 is 77.4 Å². The summed E-state index contributed by atoms with van der Waals surface area (Å²) in [4.78, 5) is 107. The predicted octanol–water partition coefficient (Wildman–Crippen LogP) is 3.35. The van der Waals surface area contributed by atoms with Crippen molar-refractivity contribution in [2.45, 2.75) is 160 Å². The van der Waals surface area contributed by atoms with E-state index in [9.17, 15) is 53.4 Å². The van der Waals surface area contributed by atoms with Crippen molar-refractivity contribution in [3.05, 3.63) is 0 Å². The molecule has 1 aliphatic rings. The number of nitrogens with one attached hydrogen (secondary N) is 6. The van der Waals surface area contributed by atoms with E-state index >= 15 is 0 Å². The lowest BCUT2D eigenvalue weighted by Crippen LogP contribution is -2.45. The molecular weight excluding hydrogens is 1010 g/mol. The van der Waals surface area contributed by atoms with E-state index in [1.165, 1.54) is 38.5 Å². The van der Waals surface area contributed by atoms with Gasteiger partial charge in [-0.2, -0.15) is 0 Å². The molecule has 414 valence electrons. The number of carboxylic acids is 3. The Morgan fingerprint density at radius 3 is 1.46 bits per heavy atom. The highest BCUT2D eigenvalue weighted by molar-refractivity contribution is 9.09. The van der Waals surface area contributed by atoms with Gasteiger partial charge in [-0.15, -0.1) is 0 Å². The van der Waals surface area contributed by atoms with Crippen molar-refractivity contribution in [1.82, 2.24) is 31.9 Å². The number of unbranched alkanes of at least 4 members (excludes halogenated alkanes) is 12. The third-order valence-corrected chi connectivity index (χ3v) is 12.5. The minimum Gasteiger partial charge on any atom is -0.481 e. The largest absolute Gasteiger partial charge is 0.481 e. The standard InChI is InChI=1S/C49H85BrN6O16/c50-33-43(59)51-24-14-13-15-39(48(65)66)55-45(61)36-72-32-30-70-28-26-53-44(60)35-71-31-29-69-27-25-52-42(58)23-22-40(49(67)68)56-47(64)38-20-18-37(19-21-38)34-54-41(57)16-11-9-7-5-3-1-2-4-6-8-10-12-17-46(62)63/h37-40H,1-36H2,(H,51,59)(H,52,58)(H,53,60)(H,54,57)(H,55,61)(H,56,64)(H,62,63)(H,65,66)(H,67,68)/t37?,38?,39-,40-/m0/s1. The summed E-state index contributed by atoms with van der Waals surface area (Å²) in [6, 6.07) is -2.28. The molecule has 72 heavy (non-hydrogen) atoms. The smallest absolute Gasteiger partial charge is 0.326 e. The Hall–Kier alpha value is -4.45. The van der Waals surface area contributed by atoms with Gasteiger partial charge in [-0.1, -0.05) is 80.1 Å². The van der Waals surface area contributed by atoms with Crippen LogP contribution in [0.5, 0.6) is 0 Å². The van der Waals surface area contributed by atoms with Crippen molar-refractivity contribution in [2.24, 2.45) is 11.8 Å². The molecule has 0 heterocycles. The summed E-state index contributed by atoms with van der Waals surface area (Å²) in [5.41, 5.74) is 0. The van der Waals surface area contributed by atoms with E-state index in [4.69, 9.17) is 24.1 Å². The molecule has 1 rings (SSSR count). The van der Waals surface area contributed by atoms with Crippen LogP contribution in [0.25, 0.3) is 0 Å². The maximum Gasteiger partial charge on any atom is 0.326 e. The fourth-order valence-electron chi connectivity index (χ4n) is 7.80. The molecule has 22 nitrogen and oxygen atoms in total. The number of amides is 6. The zero-order chi connectivity index (χ0) is 53.0. The molecule has 23 heteroatoms. The molecule has 9 N–H and O–H groups in total. The molecule has 0 aromatic carbocycles. The van der Waals surface area contributed by atoms with Crippen LogP contribution in [0.2, 0.25) is 0 Å². The van der Waals surface area contributed by atoms with E-state index in [2.05, 4.69) is 47.8 Å². The molecule has 2 atom stereocenters. The Kier molecular flexibility index (Phi) is 40.1. The molecule has 0 spiro atoms. The average Bonchev–Trinajstić information content (AvgIpc) is 3.35. The molecule has 0 aromatic heterocycles.